The molecule has 1 aromatic carbocycles. The van der Waals surface area contributed by atoms with Crippen molar-refractivity contribution in [2.45, 2.75) is 45.2 Å². The van der Waals surface area contributed by atoms with Crippen molar-refractivity contribution in [2.24, 2.45) is 0 Å². The van der Waals surface area contributed by atoms with Crippen molar-refractivity contribution in [1.82, 2.24) is 14.7 Å². The molecular formula is C19H23N3O4. The van der Waals surface area contributed by atoms with Crippen LogP contribution in [0.2, 0.25) is 0 Å². The molecule has 1 aliphatic heterocycles. The Bertz CT molecular complexity index is 774. The summed E-state index contributed by atoms with van der Waals surface area (Å²) in [6.07, 6.45) is 2.79. The number of amides is 5. The summed E-state index contributed by atoms with van der Waals surface area (Å²) in [7, 11) is 1.68. The monoisotopic (exact) mass is 357 g/mol. The van der Waals surface area contributed by atoms with Crippen LogP contribution < -0.4 is 0 Å². The zero-order chi connectivity index (χ0) is 19.0. The zero-order valence-corrected chi connectivity index (χ0v) is 15.3. The Morgan fingerprint density at radius 1 is 1.19 bits per heavy atom. The minimum absolute atomic E-state index is 0.0860. The molecule has 1 heterocycles. The van der Waals surface area contributed by atoms with Gasteiger partial charge in [-0.25, -0.2) is 9.69 Å². The van der Waals surface area contributed by atoms with Crippen LogP contribution in [0, 0.1) is 0 Å². The number of imide groups is 2. The molecule has 0 N–H and O–H groups in total. The van der Waals surface area contributed by atoms with Gasteiger partial charge >= 0.3 is 17.8 Å². The van der Waals surface area contributed by atoms with E-state index in [9.17, 15) is 19.2 Å². The van der Waals surface area contributed by atoms with Crippen LogP contribution in [-0.2, 0) is 20.8 Å². The van der Waals surface area contributed by atoms with E-state index < -0.39 is 30.4 Å². The summed E-state index contributed by atoms with van der Waals surface area (Å²) in [6, 6.07) is 6.77. The normalized spacial score (nSPS) is 20.0. The summed E-state index contributed by atoms with van der Waals surface area (Å²) in [5.74, 6) is -2.16. The van der Waals surface area contributed by atoms with Gasteiger partial charge in [-0.3, -0.25) is 19.3 Å². The molecule has 26 heavy (non-hydrogen) atoms. The first kappa shape index (κ1) is 18.1. The van der Waals surface area contributed by atoms with E-state index in [4.69, 9.17) is 0 Å². The third-order valence-electron chi connectivity index (χ3n) is 5.09. The minimum Gasteiger partial charge on any atom is -0.337 e. The lowest BCUT2D eigenvalue weighted by molar-refractivity contribution is -0.145. The highest BCUT2D eigenvalue weighted by Crippen LogP contribution is 2.33. The number of hydrogen-bond donors (Lipinski definition) is 0. The van der Waals surface area contributed by atoms with Gasteiger partial charge in [0.2, 0.25) is 5.91 Å². The average Bonchev–Trinajstić information content (AvgIpc) is 2.83. The van der Waals surface area contributed by atoms with E-state index in [0.717, 1.165) is 34.6 Å². The molecule has 1 atom stereocenters. The number of carbonyl (C=O) groups excluding carboxylic acids is 4. The first-order valence-electron chi connectivity index (χ1n) is 8.85. The van der Waals surface area contributed by atoms with Gasteiger partial charge in [0.1, 0.15) is 6.54 Å². The predicted octanol–water partition coefficient (Wildman–Crippen LogP) is 1.72. The third-order valence-corrected chi connectivity index (χ3v) is 5.09. The van der Waals surface area contributed by atoms with Crippen molar-refractivity contribution in [2.75, 3.05) is 13.6 Å². The van der Waals surface area contributed by atoms with Crippen LogP contribution in [0.15, 0.2) is 24.3 Å². The summed E-state index contributed by atoms with van der Waals surface area (Å²) >= 11 is 0. The van der Waals surface area contributed by atoms with Gasteiger partial charge in [0.25, 0.3) is 0 Å². The van der Waals surface area contributed by atoms with Crippen molar-refractivity contribution in [3.05, 3.63) is 35.4 Å². The quantitative estimate of drug-likeness (QED) is 0.607. The highest BCUT2D eigenvalue weighted by molar-refractivity contribution is 6.45. The molecule has 3 rings (SSSR count). The van der Waals surface area contributed by atoms with Gasteiger partial charge in [-0.05, 0) is 44.2 Å². The standard InChI is InChI=1S/C19H23N3O4/c1-12(2)22-18(25)17(24)21(19(22)26)11-16(23)20(3)15-10-6-8-13-7-4-5-9-14(13)15/h4-5,7,9,12,15H,6,8,10-11H2,1-3H3/t15-/m0/s1. The largest absolute Gasteiger partial charge is 0.337 e. The van der Waals surface area contributed by atoms with Gasteiger partial charge in [-0.2, -0.15) is 0 Å². The summed E-state index contributed by atoms with van der Waals surface area (Å²) in [6.45, 7) is 2.89. The minimum atomic E-state index is -0.936. The molecule has 1 aromatic rings. The van der Waals surface area contributed by atoms with E-state index in [-0.39, 0.29) is 11.9 Å². The van der Waals surface area contributed by atoms with Gasteiger partial charge in [0, 0.05) is 13.1 Å². The maximum Gasteiger partial charge on any atom is 0.334 e. The fourth-order valence-electron chi connectivity index (χ4n) is 3.67. The van der Waals surface area contributed by atoms with Crippen molar-refractivity contribution in [1.29, 1.82) is 0 Å². The Kier molecular flexibility index (Phi) is 4.80. The average molecular weight is 357 g/mol. The predicted molar refractivity (Wildman–Crippen MR) is 94.0 cm³/mol. The molecule has 1 aliphatic carbocycles. The Morgan fingerprint density at radius 3 is 2.54 bits per heavy atom. The molecule has 0 radical (unpaired) electrons. The lowest BCUT2D eigenvalue weighted by Gasteiger charge is -2.34. The number of carbonyl (C=O) groups is 4. The van der Waals surface area contributed by atoms with Gasteiger partial charge in [0.05, 0.1) is 6.04 Å². The number of benzene rings is 1. The number of fused-ring (bicyclic) bond motifs is 1. The highest BCUT2D eigenvalue weighted by Gasteiger charge is 2.46. The Morgan fingerprint density at radius 2 is 1.88 bits per heavy atom. The molecule has 1 fully saturated rings. The van der Waals surface area contributed by atoms with Crippen LogP contribution >= 0.6 is 0 Å². The van der Waals surface area contributed by atoms with Crippen molar-refractivity contribution in [3.8, 4) is 0 Å². The summed E-state index contributed by atoms with van der Waals surface area (Å²) in [4.78, 5) is 52.4. The second-order valence-corrected chi connectivity index (χ2v) is 7.05. The van der Waals surface area contributed by atoms with Crippen LogP contribution in [0.3, 0.4) is 0 Å². The molecule has 2 aliphatic rings. The maximum atomic E-state index is 12.7. The SMILES string of the molecule is CC(C)N1C(=O)C(=O)N(CC(=O)N(C)[C@H]2CCCc3ccccc32)C1=O. The smallest absolute Gasteiger partial charge is 0.334 e. The first-order chi connectivity index (χ1) is 12.3. The lowest BCUT2D eigenvalue weighted by Crippen LogP contribution is -2.44. The van der Waals surface area contributed by atoms with Crippen molar-refractivity contribution < 1.29 is 19.2 Å². The van der Waals surface area contributed by atoms with Gasteiger partial charge in [-0.15, -0.1) is 0 Å². The van der Waals surface area contributed by atoms with E-state index in [1.54, 1.807) is 25.8 Å². The second kappa shape index (κ2) is 6.90. The maximum absolute atomic E-state index is 12.7. The van der Waals surface area contributed by atoms with E-state index in [2.05, 4.69) is 6.07 Å². The van der Waals surface area contributed by atoms with Crippen LogP contribution in [0.5, 0.6) is 0 Å². The zero-order valence-electron chi connectivity index (χ0n) is 15.3. The van der Waals surface area contributed by atoms with Gasteiger partial charge in [0.15, 0.2) is 0 Å². The van der Waals surface area contributed by atoms with Crippen LogP contribution in [0.4, 0.5) is 4.79 Å². The van der Waals surface area contributed by atoms with E-state index >= 15 is 0 Å². The summed E-state index contributed by atoms with van der Waals surface area (Å²) in [5, 5.41) is 0. The number of likely N-dealkylation sites (N-methyl/N-ethyl adjacent to an activating group) is 1. The third kappa shape index (κ3) is 2.98. The molecule has 7 heteroatoms. The molecule has 0 saturated carbocycles. The van der Waals surface area contributed by atoms with Gasteiger partial charge in [-0.1, -0.05) is 24.3 Å². The second-order valence-electron chi connectivity index (χ2n) is 7.05. The Labute approximate surface area is 152 Å². The molecule has 7 nitrogen and oxygen atoms in total. The number of urea groups is 1. The summed E-state index contributed by atoms with van der Waals surface area (Å²) < 4.78 is 0. The number of aryl methyl sites for hydroxylation is 1. The number of rotatable bonds is 4. The molecule has 0 unspecified atom stereocenters. The fraction of sp³-hybridized carbons (Fsp3) is 0.474. The van der Waals surface area contributed by atoms with Crippen LogP contribution in [0.25, 0.3) is 0 Å². The fourth-order valence-corrected chi connectivity index (χ4v) is 3.67. The van der Waals surface area contributed by atoms with E-state index in [1.165, 1.54) is 5.56 Å². The molecule has 0 spiro atoms. The number of hydrogen-bond acceptors (Lipinski definition) is 4. The number of nitrogens with zero attached hydrogens (tertiary/aromatic N) is 3. The van der Waals surface area contributed by atoms with E-state index in [1.807, 2.05) is 18.2 Å². The molecule has 1 saturated heterocycles. The molecule has 138 valence electrons. The first-order valence-corrected chi connectivity index (χ1v) is 8.85. The van der Waals surface area contributed by atoms with Crippen LogP contribution in [0.1, 0.15) is 43.9 Å². The molecule has 5 amide bonds. The van der Waals surface area contributed by atoms with Crippen molar-refractivity contribution >= 4 is 23.8 Å². The Hall–Kier alpha value is -2.70. The Balaban J connectivity index is 1.76. The molecule has 0 bridgehead atoms. The van der Waals surface area contributed by atoms with Crippen molar-refractivity contribution in [3.63, 3.8) is 0 Å². The van der Waals surface area contributed by atoms with Crippen LogP contribution in [-0.4, -0.2) is 58.1 Å². The van der Waals surface area contributed by atoms with E-state index in [0.29, 0.717) is 0 Å². The molecule has 0 aromatic heterocycles. The van der Waals surface area contributed by atoms with Gasteiger partial charge < -0.3 is 4.90 Å². The summed E-state index contributed by atoms with van der Waals surface area (Å²) in [5.41, 5.74) is 2.33. The lowest BCUT2D eigenvalue weighted by atomic mass is 9.87. The highest BCUT2D eigenvalue weighted by atomic mass is 16.2. The molecular weight excluding hydrogens is 334 g/mol. The topological polar surface area (TPSA) is 78.0 Å².